The summed E-state index contributed by atoms with van der Waals surface area (Å²) in [6.07, 6.45) is 4.05. The van der Waals surface area contributed by atoms with E-state index in [4.69, 9.17) is 9.47 Å². The average molecular weight is 627 g/mol. The summed E-state index contributed by atoms with van der Waals surface area (Å²) in [5.41, 5.74) is 1.30. The number of benzene rings is 2. The van der Waals surface area contributed by atoms with Gasteiger partial charge < -0.3 is 19.7 Å². The number of carbonyl (C=O) groups excluding carboxylic acids is 1. The van der Waals surface area contributed by atoms with Crippen molar-refractivity contribution in [2.45, 2.75) is 50.2 Å². The van der Waals surface area contributed by atoms with E-state index in [1.807, 2.05) is 32.9 Å². The minimum Gasteiger partial charge on any atom is -0.480 e. The van der Waals surface area contributed by atoms with Crippen molar-refractivity contribution < 1.29 is 31.5 Å². The van der Waals surface area contributed by atoms with Gasteiger partial charge in [-0.2, -0.15) is 0 Å². The van der Waals surface area contributed by atoms with Crippen LogP contribution in [0.5, 0.6) is 5.88 Å². The lowest BCUT2D eigenvalue weighted by atomic mass is 10.0. The number of nitrogens with zero attached hydrogens (tertiary/aromatic N) is 4. The Balaban J connectivity index is 1.38. The molecular weight excluding hydrogens is 594 g/mol. The van der Waals surface area contributed by atoms with Gasteiger partial charge >= 0.3 is 6.09 Å². The lowest BCUT2D eigenvalue weighted by molar-refractivity contribution is 0.0210. The molecule has 1 aliphatic rings. The highest BCUT2D eigenvalue weighted by Gasteiger charge is 2.27. The third-order valence-corrected chi connectivity index (χ3v) is 8.33. The molecule has 2 N–H and O–H groups in total. The Morgan fingerprint density at radius 3 is 2.43 bits per heavy atom. The third kappa shape index (κ3) is 6.96. The fraction of sp³-hybridized carbons (Fsp3) is 0.333. The van der Waals surface area contributed by atoms with Gasteiger partial charge in [-0.25, -0.2) is 36.9 Å². The molecule has 1 amide bonds. The summed E-state index contributed by atoms with van der Waals surface area (Å²) in [5, 5.41) is 4.21. The second-order valence-electron chi connectivity index (χ2n) is 11.3. The van der Waals surface area contributed by atoms with Crippen molar-refractivity contribution in [2.75, 3.05) is 30.2 Å². The molecule has 0 atom stereocenters. The largest absolute Gasteiger partial charge is 0.480 e. The highest BCUT2D eigenvalue weighted by Crippen LogP contribution is 2.33. The first-order valence-electron chi connectivity index (χ1n) is 13.8. The van der Waals surface area contributed by atoms with Crippen LogP contribution in [0.2, 0.25) is 0 Å². The molecule has 1 aliphatic heterocycles. The van der Waals surface area contributed by atoms with E-state index in [0.717, 1.165) is 17.5 Å². The van der Waals surface area contributed by atoms with Gasteiger partial charge in [-0.3, -0.25) is 4.72 Å². The molecule has 3 heterocycles. The number of pyridine rings is 1. The van der Waals surface area contributed by atoms with Crippen molar-refractivity contribution in [3.63, 3.8) is 0 Å². The number of likely N-dealkylation sites (tertiary alicyclic amines) is 1. The number of carbonyl (C=O) groups is 1. The Morgan fingerprint density at radius 1 is 1.00 bits per heavy atom. The second-order valence-corrected chi connectivity index (χ2v) is 13.0. The van der Waals surface area contributed by atoms with E-state index < -0.39 is 32.2 Å². The number of hydrogen-bond donors (Lipinski definition) is 2. The van der Waals surface area contributed by atoms with E-state index >= 15 is 0 Å². The molecule has 0 aliphatic carbocycles. The first kappa shape index (κ1) is 30.9. The number of methoxy groups -OCH3 is 1. The van der Waals surface area contributed by atoms with E-state index in [9.17, 15) is 22.0 Å². The van der Waals surface area contributed by atoms with Crippen molar-refractivity contribution in [1.82, 2.24) is 19.9 Å². The molecule has 1 saturated heterocycles. The number of anilines is 2. The smallest absolute Gasteiger partial charge is 0.410 e. The fourth-order valence-corrected chi connectivity index (χ4v) is 5.92. The highest BCUT2D eigenvalue weighted by atomic mass is 32.2. The summed E-state index contributed by atoms with van der Waals surface area (Å²) >= 11 is 0. The van der Waals surface area contributed by atoms with Crippen LogP contribution in [0.1, 0.15) is 33.6 Å². The van der Waals surface area contributed by atoms with Crippen molar-refractivity contribution in [3.05, 3.63) is 66.6 Å². The maximum Gasteiger partial charge on any atom is 0.410 e. The Labute approximate surface area is 253 Å². The predicted octanol–water partition coefficient (Wildman–Crippen LogP) is 5.59. The van der Waals surface area contributed by atoms with Crippen molar-refractivity contribution in [3.8, 4) is 17.0 Å². The molecule has 5 rings (SSSR count). The van der Waals surface area contributed by atoms with Crippen LogP contribution < -0.4 is 14.8 Å². The number of fused-ring (bicyclic) bond motifs is 1. The lowest BCUT2D eigenvalue weighted by Gasteiger charge is -2.34. The Kier molecular flexibility index (Phi) is 8.55. The molecule has 4 aromatic rings. The van der Waals surface area contributed by atoms with E-state index in [1.165, 1.54) is 25.7 Å². The van der Waals surface area contributed by atoms with E-state index in [0.29, 0.717) is 54.5 Å². The number of hydrogen-bond acceptors (Lipinski definition) is 9. The van der Waals surface area contributed by atoms with Crippen LogP contribution in [0.3, 0.4) is 0 Å². The lowest BCUT2D eigenvalue weighted by Crippen LogP contribution is -2.44. The number of amides is 1. The van der Waals surface area contributed by atoms with Crippen LogP contribution in [-0.4, -0.2) is 66.2 Å². The monoisotopic (exact) mass is 626 g/mol. The molecule has 1 fully saturated rings. The number of aromatic nitrogens is 3. The molecule has 11 nitrogen and oxygen atoms in total. The number of ether oxygens (including phenoxy) is 2. The molecule has 0 bridgehead atoms. The Bertz CT molecular complexity index is 1810. The summed E-state index contributed by atoms with van der Waals surface area (Å²) < 4.78 is 66.6. The molecule has 0 radical (unpaired) electrons. The fourth-order valence-electron chi connectivity index (χ4n) is 4.82. The summed E-state index contributed by atoms with van der Waals surface area (Å²) in [6, 6.07) is 9.24. The van der Waals surface area contributed by atoms with Crippen LogP contribution in [-0.2, 0) is 14.8 Å². The summed E-state index contributed by atoms with van der Waals surface area (Å²) in [4.78, 5) is 26.5. The number of sulfonamides is 1. The van der Waals surface area contributed by atoms with Gasteiger partial charge in [-0.05, 0) is 69.5 Å². The van der Waals surface area contributed by atoms with Gasteiger partial charge in [0.2, 0.25) is 5.88 Å². The minimum absolute atomic E-state index is 0.0340. The number of halogens is 2. The molecule has 14 heteroatoms. The maximum atomic E-state index is 14.3. The summed E-state index contributed by atoms with van der Waals surface area (Å²) in [7, 11) is -3.12. The standard InChI is InChI=1S/C30H32F2N6O5S/c1-30(2,3)43-29(39)38-11-9-21(10-12-38)36-27-22-13-18(5-7-24(22)34-17-35-27)19-14-25(28(42-4)33-16-19)37-44(40,41)26-8-6-20(31)15-23(26)32/h5-8,13-17,21,37H,9-12H2,1-4H3,(H,34,35,36). The van der Waals surface area contributed by atoms with Crippen molar-refractivity contribution in [1.29, 1.82) is 0 Å². The van der Waals surface area contributed by atoms with Crippen LogP contribution in [0.4, 0.5) is 25.1 Å². The summed E-state index contributed by atoms with van der Waals surface area (Å²) in [5.74, 6) is -1.56. The second kappa shape index (κ2) is 12.2. The zero-order valence-corrected chi connectivity index (χ0v) is 25.4. The SMILES string of the molecule is COc1ncc(-c2ccc3ncnc(NC4CCN(C(=O)OC(C)(C)C)CC4)c3c2)cc1NS(=O)(=O)c1ccc(F)cc1F. The highest BCUT2D eigenvalue weighted by molar-refractivity contribution is 7.92. The van der Waals surface area contributed by atoms with Gasteiger partial charge in [-0.1, -0.05) is 6.07 Å². The van der Waals surface area contributed by atoms with Gasteiger partial charge in [0.25, 0.3) is 10.0 Å². The van der Waals surface area contributed by atoms with Crippen LogP contribution >= 0.6 is 0 Å². The zero-order chi connectivity index (χ0) is 31.6. The van der Waals surface area contributed by atoms with Gasteiger partial charge in [0, 0.05) is 42.3 Å². The Morgan fingerprint density at radius 2 is 1.75 bits per heavy atom. The van der Waals surface area contributed by atoms with Crippen molar-refractivity contribution >= 4 is 38.5 Å². The zero-order valence-electron chi connectivity index (χ0n) is 24.6. The molecule has 0 saturated carbocycles. The predicted molar refractivity (Wildman–Crippen MR) is 161 cm³/mol. The normalized spacial score (nSPS) is 14.4. The first-order chi connectivity index (χ1) is 20.8. The first-order valence-corrected chi connectivity index (χ1v) is 15.3. The van der Waals surface area contributed by atoms with E-state index in [2.05, 4.69) is 25.0 Å². The van der Waals surface area contributed by atoms with Crippen LogP contribution in [0, 0.1) is 11.6 Å². The molecular formula is C30H32F2N6O5S. The molecule has 0 spiro atoms. The maximum absolute atomic E-state index is 14.3. The third-order valence-electron chi connectivity index (χ3n) is 6.93. The number of piperidine rings is 1. The van der Waals surface area contributed by atoms with Gasteiger partial charge in [0.1, 0.15) is 40.0 Å². The van der Waals surface area contributed by atoms with Gasteiger partial charge in [0.05, 0.1) is 12.6 Å². The number of nitrogens with one attached hydrogen (secondary N) is 2. The molecule has 44 heavy (non-hydrogen) atoms. The number of rotatable bonds is 7. The van der Waals surface area contributed by atoms with Gasteiger partial charge in [-0.15, -0.1) is 0 Å². The van der Waals surface area contributed by atoms with Crippen LogP contribution in [0.25, 0.3) is 22.0 Å². The molecule has 2 aromatic heterocycles. The molecule has 0 unspecified atom stereocenters. The molecule has 232 valence electrons. The van der Waals surface area contributed by atoms with Crippen molar-refractivity contribution in [2.24, 2.45) is 0 Å². The van der Waals surface area contributed by atoms with E-state index in [1.54, 1.807) is 11.0 Å². The molecule has 2 aromatic carbocycles. The Hall–Kier alpha value is -4.59. The average Bonchev–Trinajstić information content (AvgIpc) is 2.96. The van der Waals surface area contributed by atoms with Crippen LogP contribution in [0.15, 0.2) is 59.9 Å². The van der Waals surface area contributed by atoms with Gasteiger partial charge in [0.15, 0.2) is 0 Å². The van der Waals surface area contributed by atoms with E-state index in [-0.39, 0.29) is 23.7 Å². The topological polar surface area (TPSA) is 136 Å². The summed E-state index contributed by atoms with van der Waals surface area (Å²) in [6.45, 7) is 6.59. The quantitative estimate of drug-likeness (QED) is 0.269. The minimum atomic E-state index is -4.44.